The van der Waals surface area contributed by atoms with Crippen LogP contribution in [0.4, 0.5) is 0 Å². The molecule has 21 heavy (non-hydrogen) atoms. The second kappa shape index (κ2) is 7.34. The smallest absolute Gasteiger partial charge is 0.191 e. The number of hydrogen-bond donors (Lipinski definition) is 2. The van der Waals surface area contributed by atoms with Crippen LogP contribution in [0.25, 0.3) is 0 Å². The minimum Gasteiger partial charge on any atom is -0.491 e. The zero-order valence-electron chi connectivity index (χ0n) is 13.5. The third-order valence-electron chi connectivity index (χ3n) is 3.49. The molecule has 1 saturated carbocycles. The number of nitrogens with one attached hydrogen (secondary N) is 2. The van der Waals surface area contributed by atoms with Crippen LogP contribution < -0.4 is 15.4 Å². The SMILES string of the molecule is CCNC(=NCc1ccc(OC(C)C)cc1)NC1CC1C. The lowest BCUT2D eigenvalue weighted by molar-refractivity contribution is 0.242. The van der Waals surface area contributed by atoms with Crippen LogP contribution in [0.15, 0.2) is 29.3 Å². The van der Waals surface area contributed by atoms with Gasteiger partial charge in [0.05, 0.1) is 12.6 Å². The Balaban J connectivity index is 1.90. The second-order valence-corrected chi connectivity index (χ2v) is 5.97. The van der Waals surface area contributed by atoms with E-state index in [2.05, 4.69) is 41.6 Å². The number of benzene rings is 1. The molecule has 1 aromatic rings. The highest BCUT2D eigenvalue weighted by Gasteiger charge is 2.33. The van der Waals surface area contributed by atoms with Crippen LogP contribution >= 0.6 is 0 Å². The molecular weight excluding hydrogens is 262 g/mol. The Morgan fingerprint density at radius 1 is 1.33 bits per heavy atom. The topological polar surface area (TPSA) is 45.7 Å². The molecule has 1 aromatic carbocycles. The number of aliphatic imine (C=N–C) groups is 1. The van der Waals surface area contributed by atoms with Gasteiger partial charge in [-0.05, 0) is 50.8 Å². The van der Waals surface area contributed by atoms with E-state index >= 15 is 0 Å². The van der Waals surface area contributed by atoms with Crippen LogP contribution in [0, 0.1) is 5.92 Å². The largest absolute Gasteiger partial charge is 0.491 e. The van der Waals surface area contributed by atoms with Gasteiger partial charge in [-0.25, -0.2) is 4.99 Å². The summed E-state index contributed by atoms with van der Waals surface area (Å²) in [6.45, 7) is 9.98. The van der Waals surface area contributed by atoms with E-state index in [0.717, 1.165) is 24.2 Å². The van der Waals surface area contributed by atoms with Gasteiger partial charge in [0.1, 0.15) is 5.75 Å². The maximum absolute atomic E-state index is 5.65. The molecule has 4 nitrogen and oxygen atoms in total. The maximum Gasteiger partial charge on any atom is 0.191 e. The molecule has 116 valence electrons. The summed E-state index contributed by atoms with van der Waals surface area (Å²) in [6, 6.07) is 8.75. The van der Waals surface area contributed by atoms with Crippen LogP contribution in [0.2, 0.25) is 0 Å². The van der Waals surface area contributed by atoms with E-state index in [9.17, 15) is 0 Å². The molecule has 2 N–H and O–H groups in total. The third-order valence-corrected chi connectivity index (χ3v) is 3.49. The van der Waals surface area contributed by atoms with Crippen molar-refractivity contribution >= 4 is 5.96 Å². The van der Waals surface area contributed by atoms with Crippen LogP contribution in [-0.4, -0.2) is 24.7 Å². The molecule has 0 bridgehead atoms. The van der Waals surface area contributed by atoms with Crippen LogP contribution in [0.5, 0.6) is 5.75 Å². The Hall–Kier alpha value is -1.71. The molecule has 2 atom stereocenters. The molecule has 0 radical (unpaired) electrons. The standard InChI is InChI=1S/C17H27N3O/c1-5-18-17(20-16-10-13(16)4)19-11-14-6-8-15(9-7-14)21-12(2)3/h6-9,12-13,16H,5,10-11H2,1-4H3,(H2,18,19,20). The minimum atomic E-state index is 0.207. The van der Waals surface area contributed by atoms with Gasteiger partial charge in [-0.3, -0.25) is 0 Å². The van der Waals surface area contributed by atoms with Crippen LogP contribution in [-0.2, 0) is 6.54 Å². The van der Waals surface area contributed by atoms with E-state index in [1.807, 2.05) is 26.0 Å². The maximum atomic E-state index is 5.65. The van der Waals surface area contributed by atoms with Crippen molar-refractivity contribution < 1.29 is 4.74 Å². The van der Waals surface area contributed by atoms with Crippen LogP contribution in [0.1, 0.15) is 39.7 Å². The molecule has 0 heterocycles. The Labute approximate surface area is 128 Å². The Morgan fingerprint density at radius 3 is 2.52 bits per heavy atom. The highest BCUT2D eigenvalue weighted by molar-refractivity contribution is 5.80. The van der Waals surface area contributed by atoms with Crippen LogP contribution in [0.3, 0.4) is 0 Å². The second-order valence-electron chi connectivity index (χ2n) is 5.97. The zero-order valence-corrected chi connectivity index (χ0v) is 13.5. The predicted octanol–water partition coefficient (Wildman–Crippen LogP) is 2.94. The Morgan fingerprint density at radius 2 is 2.00 bits per heavy atom. The number of rotatable bonds is 6. The first-order valence-corrected chi connectivity index (χ1v) is 7.89. The van der Waals surface area contributed by atoms with Crippen molar-refractivity contribution in [2.75, 3.05) is 6.54 Å². The molecule has 1 aliphatic rings. The summed E-state index contributed by atoms with van der Waals surface area (Å²) in [5.41, 5.74) is 1.19. The summed E-state index contributed by atoms with van der Waals surface area (Å²) < 4.78 is 5.65. The van der Waals surface area contributed by atoms with Gasteiger partial charge in [0.2, 0.25) is 0 Å². The number of nitrogens with zero attached hydrogens (tertiary/aromatic N) is 1. The van der Waals surface area contributed by atoms with Crippen molar-refractivity contribution in [2.24, 2.45) is 10.9 Å². The molecule has 0 spiro atoms. The average molecular weight is 289 g/mol. The summed E-state index contributed by atoms with van der Waals surface area (Å²) in [5.74, 6) is 2.59. The minimum absolute atomic E-state index is 0.207. The van der Waals surface area contributed by atoms with E-state index in [1.54, 1.807) is 0 Å². The van der Waals surface area contributed by atoms with Gasteiger partial charge < -0.3 is 15.4 Å². The molecule has 0 amide bonds. The molecule has 2 unspecified atom stereocenters. The summed E-state index contributed by atoms with van der Waals surface area (Å²) in [4.78, 5) is 4.64. The first kappa shape index (κ1) is 15.7. The fraction of sp³-hybridized carbons (Fsp3) is 0.588. The van der Waals surface area contributed by atoms with Gasteiger partial charge in [-0.1, -0.05) is 19.1 Å². The predicted molar refractivity (Wildman–Crippen MR) is 87.7 cm³/mol. The molecule has 0 aromatic heterocycles. The molecule has 4 heteroatoms. The first-order valence-electron chi connectivity index (χ1n) is 7.89. The van der Waals surface area contributed by atoms with E-state index in [0.29, 0.717) is 12.6 Å². The monoisotopic (exact) mass is 289 g/mol. The fourth-order valence-corrected chi connectivity index (χ4v) is 2.13. The summed E-state index contributed by atoms with van der Waals surface area (Å²) in [5, 5.41) is 6.76. The van der Waals surface area contributed by atoms with Gasteiger partial charge in [0, 0.05) is 12.6 Å². The molecule has 1 fully saturated rings. The summed E-state index contributed by atoms with van der Waals surface area (Å²) in [6.07, 6.45) is 1.45. The number of hydrogen-bond acceptors (Lipinski definition) is 2. The highest BCUT2D eigenvalue weighted by atomic mass is 16.5. The molecule has 1 aliphatic carbocycles. The molecule has 0 aliphatic heterocycles. The van der Waals surface area contributed by atoms with Crippen molar-refractivity contribution in [3.8, 4) is 5.75 Å². The van der Waals surface area contributed by atoms with Gasteiger partial charge in [0.25, 0.3) is 0 Å². The Kier molecular flexibility index (Phi) is 5.48. The van der Waals surface area contributed by atoms with Gasteiger partial charge in [-0.2, -0.15) is 0 Å². The van der Waals surface area contributed by atoms with Crippen molar-refractivity contribution in [3.63, 3.8) is 0 Å². The van der Waals surface area contributed by atoms with E-state index in [1.165, 1.54) is 12.0 Å². The molecule has 0 saturated heterocycles. The zero-order chi connectivity index (χ0) is 15.2. The van der Waals surface area contributed by atoms with Gasteiger partial charge in [-0.15, -0.1) is 0 Å². The third kappa shape index (κ3) is 5.29. The number of guanidine groups is 1. The first-order chi connectivity index (χ1) is 10.1. The van der Waals surface area contributed by atoms with Gasteiger partial charge >= 0.3 is 0 Å². The van der Waals surface area contributed by atoms with E-state index < -0.39 is 0 Å². The lowest BCUT2D eigenvalue weighted by atomic mass is 10.2. The van der Waals surface area contributed by atoms with Gasteiger partial charge in [0.15, 0.2) is 5.96 Å². The molecule has 2 rings (SSSR count). The van der Waals surface area contributed by atoms with Crippen molar-refractivity contribution in [1.82, 2.24) is 10.6 Å². The highest BCUT2D eigenvalue weighted by Crippen LogP contribution is 2.28. The van der Waals surface area contributed by atoms with E-state index in [4.69, 9.17) is 4.74 Å². The summed E-state index contributed by atoms with van der Waals surface area (Å²) in [7, 11) is 0. The quantitative estimate of drug-likeness (QED) is 0.625. The summed E-state index contributed by atoms with van der Waals surface area (Å²) >= 11 is 0. The van der Waals surface area contributed by atoms with Crippen molar-refractivity contribution in [1.29, 1.82) is 0 Å². The fourth-order valence-electron chi connectivity index (χ4n) is 2.13. The molecular formula is C17H27N3O. The van der Waals surface area contributed by atoms with Crippen molar-refractivity contribution in [3.05, 3.63) is 29.8 Å². The van der Waals surface area contributed by atoms with E-state index in [-0.39, 0.29) is 6.10 Å². The number of ether oxygens (including phenoxy) is 1. The lowest BCUT2D eigenvalue weighted by Crippen LogP contribution is -2.39. The Bertz CT molecular complexity index is 467. The normalized spacial score (nSPS) is 21.3. The average Bonchev–Trinajstić information content (AvgIpc) is 3.13. The lowest BCUT2D eigenvalue weighted by Gasteiger charge is -2.11. The van der Waals surface area contributed by atoms with Crippen molar-refractivity contribution in [2.45, 2.75) is 52.8 Å².